The maximum absolute atomic E-state index is 14.9. The van der Waals surface area contributed by atoms with Crippen molar-refractivity contribution in [3.8, 4) is 0 Å². The molecule has 4 aliphatic carbocycles. The van der Waals surface area contributed by atoms with E-state index >= 15 is 0 Å². The molecule has 4 saturated carbocycles. The van der Waals surface area contributed by atoms with Gasteiger partial charge in [0.15, 0.2) is 11.2 Å². The van der Waals surface area contributed by atoms with Gasteiger partial charge in [-0.3, -0.25) is 14.4 Å². The molecule has 6 bridgehead atoms. The number of carbonyl (C=O) groups is 6. The van der Waals surface area contributed by atoms with E-state index in [9.17, 15) is 28.8 Å². The Labute approximate surface area is 316 Å². The minimum atomic E-state index is -1.55. The van der Waals surface area contributed by atoms with Gasteiger partial charge < -0.3 is 34.3 Å². The van der Waals surface area contributed by atoms with Gasteiger partial charge in [-0.1, -0.05) is 30.3 Å². The normalized spacial score (nSPS) is 37.2. The molecule has 13 nitrogen and oxygen atoms in total. The number of esters is 4. The zero-order chi connectivity index (χ0) is 39.1. The highest BCUT2D eigenvalue weighted by Crippen LogP contribution is 2.81. The molecule has 1 aromatic rings. The molecule has 2 N–H and O–H groups in total. The molecule has 0 unspecified atom stereocenters. The molecule has 294 valence electrons. The lowest BCUT2D eigenvalue weighted by Gasteiger charge is -2.51. The molecular formula is C41H54N2O11. The van der Waals surface area contributed by atoms with Crippen molar-refractivity contribution in [1.29, 1.82) is 0 Å². The summed E-state index contributed by atoms with van der Waals surface area (Å²) in [4.78, 5) is 82.3. The topological polar surface area (TPSA) is 173 Å². The van der Waals surface area contributed by atoms with Crippen LogP contribution in [0, 0.1) is 59.2 Å². The summed E-state index contributed by atoms with van der Waals surface area (Å²) >= 11 is 0. The Hall–Kier alpha value is -4.00. The molecule has 1 aromatic carbocycles. The Bertz CT molecular complexity index is 1720. The number of benzene rings is 1. The highest BCUT2D eigenvalue weighted by molar-refractivity contribution is 5.92. The van der Waals surface area contributed by atoms with Crippen LogP contribution in [0.4, 0.5) is 0 Å². The average Bonchev–Trinajstić information content (AvgIpc) is 3.94. The van der Waals surface area contributed by atoms with Gasteiger partial charge in [-0.25, -0.2) is 14.4 Å². The van der Waals surface area contributed by atoms with Crippen molar-refractivity contribution in [1.82, 2.24) is 10.6 Å². The maximum atomic E-state index is 14.9. The minimum absolute atomic E-state index is 0.0907. The third-order valence-corrected chi connectivity index (χ3v) is 13.0. The van der Waals surface area contributed by atoms with E-state index in [4.69, 9.17) is 23.7 Å². The summed E-state index contributed by atoms with van der Waals surface area (Å²) in [6.45, 7) is 12.1. The standard InChI is InChI=1S/C41H54N2O11/c1-20(35(47)50-8)43-34(46)27-17-23-15-25(27)32-30(23)40(36(48)52-38(2,3)4)31-24-14-22(29(31)41(32,54-40)37(49)53-39(5,6)7)16-26(24)33(45)42-18-28(44)51-19-21-12-10-9-11-13-21/h9-13,20,22-27,29-32H,14-19H2,1-8H3,(H,42,45)(H,43,46)/t20-,22-,23-,24+,25+,26-,27-,29-,30-,31+,32+,40-,41-/m0/s1. The number of hydrogen-bond donors (Lipinski definition) is 2. The summed E-state index contributed by atoms with van der Waals surface area (Å²) in [7, 11) is 1.27. The molecule has 0 aromatic heterocycles. The van der Waals surface area contributed by atoms with Crippen molar-refractivity contribution in [2.24, 2.45) is 59.2 Å². The summed E-state index contributed by atoms with van der Waals surface area (Å²) in [5, 5.41) is 5.61. The predicted octanol–water partition coefficient (Wildman–Crippen LogP) is 3.51. The van der Waals surface area contributed by atoms with E-state index in [-0.39, 0.29) is 48.6 Å². The number of ether oxygens (including phenoxy) is 5. The van der Waals surface area contributed by atoms with Gasteiger partial charge in [0.05, 0.1) is 7.11 Å². The lowest BCUT2D eigenvalue weighted by molar-refractivity contribution is -0.202. The van der Waals surface area contributed by atoms with E-state index < -0.39 is 87.8 Å². The van der Waals surface area contributed by atoms with E-state index in [1.807, 2.05) is 30.3 Å². The first-order valence-corrected chi connectivity index (χ1v) is 19.3. The van der Waals surface area contributed by atoms with Gasteiger partial charge in [-0.15, -0.1) is 0 Å². The Morgan fingerprint density at radius 1 is 0.759 bits per heavy atom. The number of carbonyl (C=O) groups excluding carboxylic acids is 6. The van der Waals surface area contributed by atoms with Gasteiger partial charge in [-0.2, -0.15) is 0 Å². The van der Waals surface area contributed by atoms with Crippen LogP contribution < -0.4 is 10.6 Å². The Morgan fingerprint density at radius 2 is 1.26 bits per heavy atom. The molecule has 54 heavy (non-hydrogen) atoms. The van der Waals surface area contributed by atoms with E-state index in [2.05, 4.69) is 10.6 Å². The lowest BCUT2D eigenvalue weighted by atomic mass is 9.48. The van der Waals surface area contributed by atoms with Crippen LogP contribution in [0.5, 0.6) is 0 Å². The highest BCUT2D eigenvalue weighted by atomic mass is 16.6. The molecule has 2 amide bonds. The van der Waals surface area contributed by atoms with Crippen molar-refractivity contribution in [3.05, 3.63) is 35.9 Å². The van der Waals surface area contributed by atoms with Gasteiger partial charge in [0.2, 0.25) is 11.8 Å². The van der Waals surface area contributed by atoms with E-state index in [0.29, 0.717) is 25.7 Å². The van der Waals surface area contributed by atoms with Crippen LogP contribution in [-0.2, 0) is 59.1 Å². The van der Waals surface area contributed by atoms with E-state index in [1.54, 1.807) is 48.5 Å². The predicted molar refractivity (Wildman–Crippen MR) is 190 cm³/mol. The molecule has 0 spiro atoms. The van der Waals surface area contributed by atoms with Gasteiger partial charge in [0, 0.05) is 35.5 Å². The molecular weight excluding hydrogens is 696 g/mol. The number of fused-ring (bicyclic) bond motifs is 16. The van der Waals surface area contributed by atoms with Gasteiger partial charge in [0.25, 0.3) is 0 Å². The Morgan fingerprint density at radius 3 is 1.74 bits per heavy atom. The number of rotatable bonds is 10. The third-order valence-electron chi connectivity index (χ3n) is 13.0. The first-order valence-electron chi connectivity index (χ1n) is 19.3. The molecule has 13 heteroatoms. The summed E-state index contributed by atoms with van der Waals surface area (Å²) in [5.41, 5.74) is -4.01. The van der Waals surface area contributed by atoms with E-state index in [1.165, 1.54) is 7.11 Å². The van der Waals surface area contributed by atoms with Crippen LogP contribution in [0.2, 0.25) is 0 Å². The number of amides is 2. The fraction of sp³-hybridized carbons (Fsp3) is 0.707. The first-order chi connectivity index (χ1) is 25.3. The van der Waals surface area contributed by atoms with Crippen molar-refractivity contribution in [2.75, 3.05) is 13.7 Å². The molecule has 13 atom stereocenters. The highest BCUT2D eigenvalue weighted by Gasteiger charge is 2.90. The smallest absolute Gasteiger partial charge is 0.339 e. The van der Waals surface area contributed by atoms with Crippen LogP contribution in [0.25, 0.3) is 0 Å². The molecule has 2 saturated heterocycles. The maximum Gasteiger partial charge on any atom is 0.339 e. The fourth-order valence-electron chi connectivity index (χ4n) is 11.7. The summed E-state index contributed by atoms with van der Waals surface area (Å²) in [6, 6.07) is 8.42. The number of nitrogens with one attached hydrogen (secondary N) is 2. The van der Waals surface area contributed by atoms with Crippen molar-refractivity contribution in [3.63, 3.8) is 0 Å². The summed E-state index contributed by atoms with van der Waals surface area (Å²) < 4.78 is 29.8. The largest absolute Gasteiger partial charge is 0.467 e. The third kappa shape index (κ3) is 6.09. The van der Waals surface area contributed by atoms with Crippen LogP contribution in [0.15, 0.2) is 30.3 Å². The van der Waals surface area contributed by atoms with Gasteiger partial charge in [-0.05, 0) is 103 Å². The molecule has 6 aliphatic rings. The second kappa shape index (κ2) is 13.3. The summed E-state index contributed by atoms with van der Waals surface area (Å²) in [6.07, 6.45) is 2.09. The van der Waals surface area contributed by atoms with E-state index in [0.717, 1.165) is 5.56 Å². The molecule has 7 rings (SSSR count). The average molecular weight is 751 g/mol. The monoisotopic (exact) mass is 750 g/mol. The summed E-state index contributed by atoms with van der Waals surface area (Å²) in [5.74, 6) is -6.76. The molecule has 2 aliphatic heterocycles. The van der Waals surface area contributed by atoms with Crippen LogP contribution in [0.3, 0.4) is 0 Å². The SMILES string of the molecule is COC(=O)[C@H](C)NC(=O)[C@H]1C[C@@H]2C[C@H]1[C@@H]1[C@H]2[C@]2(C(=O)OC(C)(C)C)O[C@@]1(C(=O)OC(C)(C)C)[C@H]1[C@H]3C[C@@H]([C@H]12)[C@@H](C(=O)NCC(=O)OCc1ccccc1)C3. The van der Waals surface area contributed by atoms with Crippen LogP contribution in [0.1, 0.15) is 79.7 Å². The van der Waals surface area contributed by atoms with Crippen LogP contribution >= 0.6 is 0 Å². The van der Waals surface area contributed by atoms with Gasteiger partial charge in [0.1, 0.15) is 30.4 Å². The second-order valence-electron chi connectivity index (χ2n) is 18.4. The van der Waals surface area contributed by atoms with Crippen molar-refractivity contribution in [2.45, 2.75) is 109 Å². The quantitative estimate of drug-likeness (QED) is 0.265. The van der Waals surface area contributed by atoms with Crippen molar-refractivity contribution >= 4 is 35.7 Å². The second-order valence-corrected chi connectivity index (χ2v) is 18.4. The number of methoxy groups -OCH3 is 1. The molecule has 0 radical (unpaired) electrons. The molecule has 2 heterocycles. The first kappa shape index (κ1) is 38.3. The van der Waals surface area contributed by atoms with Crippen LogP contribution in [-0.4, -0.2) is 77.8 Å². The minimum Gasteiger partial charge on any atom is -0.467 e. The van der Waals surface area contributed by atoms with Crippen molar-refractivity contribution < 1.29 is 52.5 Å². The fourth-order valence-corrected chi connectivity index (χ4v) is 11.7. The Balaban J connectivity index is 1.21. The number of hydrogen-bond acceptors (Lipinski definition) is 11. The molecule has 6 fully saturated rings. The zero-order valence-corrected chi connectivity index (χ0v) is 32.5. The Kier molecular flexibility index (Phi) is 9.46. The van der Waals surface area contributed by atoms with Gasteiger partial charge >= 0.3 is 23.9 Å². The zero-order valence-electron chi connectivity index (χ0n) is 32.5. The lowest BCUT2D eigenvalue weighted by Crippen LogP contribution is -2.64.